The van der Waals surface area contributed by atoms with Gasteiger partial charge in [0.05, 0.1) is 0 Å². The molecule has 10 heavy (non-hydrogen) atoms. The van der Waals surface area contributed by atoms with E-state index in [1.165, 1.54) is 24.3 Å². The zero-order valence-corrected chi connectivity index (χ0v) is 5.75. The maximum atomic E-state index is 10.6. The van der Waals surface area contributed by atoms with Crippen molar-refractivity contribution < 1.29 is 9.53 Å². The summed E-state index contributed by atoms with van der Waals surface area (Å²) >= 11 is 0. The van der Waals surface area contributed by atoms with Crippen molar-refractivity contribution in [2.24, 2.45) is 0 Å². The molecule has 0 aliphatic carbocycles. The van der Waals surface area contributed by atoms with E-state index in [4.69, 9.17) is 0 Å². The van der Waals surface area contributed by atoms with Crippen molar-refractivity contribution in [1.29, 1.82) is 0 Å². The summed E-state index contributed by atoms with van der Waals surface area (Å²) < 4.78 is 4.60. The predicted molar refractivity (Wildman–Crippen MR) is 40.5 cm³/mol. The summed E-state index contributed by atoms with van der Waals surface area (Å²) in [6, 6.07) is 0. The monoisotopic (exact) mass is 138 g/mol. The van der Waals surface area contributed by atoms with Gasteiger partial charge in [0.2, 0.25) is 0 Å². The first-order chi connectivity index (χ1) is 4.81. The van der Waals surface area contributed by atoms with E-state index in [-0.39, 0.29) is 12.6 Å². The topological polar surface area (TPSA) is 26.3 Å². The summed E-state index contributed by atoms with van der Waals surface area (Å²) in [6.45, 7) is 7.04. The smallest absolute Gasteiger partial charge is 0.331 e. The molecule has 0 bridgehead atoms. The summed E-state index contributed by atoms with van der Waals surface area (Å²) in [7, 11) is 0. The molecule has 2 nitrogen and oxygen atoms in total. The molecule has 0 aliphatic rings. The SMILES string of the molecule is C=CC=CC(=O)OCC=C. The van der Waals surface area contributed by atoms with Crippen LogP contribution in [0, 0.1) is 0 Å². The lowest BCUT2D eigenvalue weighted by atomic mass is 10.5. The molecule has 0 unspecified atom stereocenters. The second kappa shape index (κ2) is 5.82. The summed E-state index contributed by atoms with van der Waals surface area (Å²) in [5.74, 6) is -0.375. The zero-order valence-electron chi connectivity index (χ0n) is 5.75. The molecule has 0 radical (unpaired) electrons. The first-order valence-electron chi connectivity index (χ1n) is 2.88. The average Bonchev–Trinajstić information content (AvgIpc) is 1.97. The van der Waals surface area contributed by atoms with E-state index in [9.17, 15) is 4.79 Å². The van der Waals surface area contributed by atoms with Crippen LogP contribution >= 0.6 is 0 Å². The molecule has 2 heteroatoms. The fourth-order valence-electron chi connectivity index (χ4n) is 0.336. The molecule has 0 heterocycles. The minimum Gasteiger partial charge on any atom is -0.458 e. The van der Waals surface area contributed by atoms with Crippen LogP contribution in [0.1, 0.15) is 0 Å². The lowest BCUT2D eigenvalue weighted by Crippen LogP contribution is -1.99. The molecule has 0 atom stereocenters. The van der Waals surface area contributed by atoms with Crippen molar-refractivity contribution in [2.75, 3.05) is 6.61 Å². The molecule has 0 aromatic heterocycles. The van der Waals surface area contributed by atoms with Crippen molar-refractivity contribution in [1.82, 2.24) is 0 Å². The first-order valence-corrected chi connectivity index (χ1v) is 2.88. The molecular weight excluding hydrogens is 128 g/mol. The van der Waals surface area contributed by atoms with Gasteiger partial charge in [0, 0.05) is 6.08 Å². The number of carbonyl (C=O) groups excluding carboxylic acids is 1. The van der Waals surface area contributed by atoms with E-state index in [0.29, 0.717) is 0 Å². The Morgan fingerprint density at radius 3 is 2.70 bits per heavy atom. The van der Waals surface area contributed by atoms with E-state index in [1.807, 2.05) is 0 Å². The average molecular weight is 138 g/mol. The van der Waals surface area contributed by atoms with Crippen LogP contribution < -0.4 is 0 Å². The molecule has 54 valence electrons. The molecule has 0 N–H and O–H groups in total. The van der Waals surface area contributed by atoms with Gasteiger partial charge < -0.3 is 4.74 Å². The van der Waals surface area contributed by atoms with Gasteiger partial charge in [0.15, 0.2) is 0 Å². The molecule has 0 spiro atoms. The highest BCUT2D eigenvalue weighted by Crippen LogP contribution is 1.81. The quantitative estimate of drug-likeness (QED) is 0.254. The summed E-state index contributed by atoms with van der Waals surface area (Å²) in [6.07, 6.45) is 5.84. The van der Waals surface area contributed by atoms with Crippen LogP contribution in [-0.2, 0) is 9.53 Å². The van der Waals surface area contributed by atoms with E-state index in [1.54, 1.807) is 0 Å². The van der Waals surface area contributed by atoms with Crippen LogP contribution in [0.5, 0.6) is 0 Å². The number of esters is 1. The fourth-order valence-corrected chi connectivity index (χ4v) is 0.336. The zero-order chi connectivity index (χ0) is 7.82. The lowest BCUT2D eigenvalue weighted by molar-refractivity contribution is -0.136. The second-order valence-corrected chi connectivity index (χ2v) is 1.51. The number of allylic oxidation sites excluding steroid dienone is 2. The van der Waals surface area contributed by atoms with Crippen LogP contribution in [-0.4, -0.2) is 12.6 Å². The Bertz CT molecular complexity index is 157. The maximum Gasteiger partial charge on any atom is 0.331 e. The van der Waals surface area contributed by atoms with Gasteiger partial charge in [0.1, 0.15) is 6.61 Å². The maximum absolute atomic E-state index is 10.6. The van der Waals surface area contributed by atoms with E-state index in [2.05, 4.69) is 17.9 Å². The van der Waals surface area contributed by atoms with Gasteiger partial charge in [-0.15, -0.1) is 0 Å². The number of hydrogen-bond acceptors (Lipinski definition) is 2. The Balaban J connectivity index is 3.52. The number of ether oxygens (including phenoxy) is 1. The highest BCUT2D eigenvalue weighted by atomic mass is 16.5. The Labute approximate surface area is 60.5 Å². The third-order valence-corrected chi connectivity index (χ3v) is 0.712. The Morgan fingerprint density at radius 2 is 2.20 bits per heavy atom. The van der Waals surface area contributed by atoms with Gasteiger partial charge in [-0.05, 0) is 0 Å². The normalized spacial score (nSPS) is 9.20. The third-order valence-electron chi connectivity index (χ3n) is 0.712. The van der Waals surface area contributed by atoms with Gasteiger partial charge in [-0.1, -0.05) is 31.4 Å². The molecule has 0 saturated carbocycles. The Kier molecular flexibility index (Phi) is 5.06. The molecular formula is C8H10O2. The van der Waals surface area contributed by atoms with Crippen LogP contribution in [0.25, 0.3) is 0 Å². The van der Waals surface area contributed by atoms with Crippen molar-refractivity contribution in [3.63, 3.8) is 0 Å². The second-order valence-electron chi connectivity index (χ2n) is 1.51. The summed E-state index contributed by atoms with van der Waals surface area (Å²) in [4.78, 5) is 10.6. The number of carbonyl (C=O) groups is 1. The van der Waals surface area contributed by atoms with Gasteiger partial charge in [-0.25, -0.2) is 4.79 Å². The minimum atomic E-state index is -0.375. The molecule has 0 aromatic carbocycles. The number of rotatable bonds is 4. The van der Waals surface area contributed by atoms with E-state index in [0.717, 1.165) is 0 Å². The molecule has 0 rings (SSSR count). The predicted octanol–water partition coefficient (Wildman–Crippen LogP) is 1.46. The molecule has 0 amide bonds. The summed E-state index contributed by atoms with van der Waals surface area (Å²) in [5, 5.41) is 0. The molecule has 0 fully saturated rings. The van der Waals surface area contributed by atoms with Gasteiger partial charge in [0.25, 0.3) is 0 Å². The highest BCUT2D eigenvalue weighted by molar-refractivity contribution is 5.82. The molecule has 0 saturated heterocycles. The van der Waals surface area contributed by atoms with Crippen LogP contribution in [0.15, 0.2) is 37.5 Å². The van der Waals surface area contributed by atoms with Crippen LogP contribution in [0.3, 0.4) is 0 Å². The van der Waals surface area contributed by atoms with E-state index < -0.39 is 0 Å². The van der Waals surface area contributed by atoms with Gasteiger partial charge in [-0.3, -0.25) is 0 Å². The van der Waals surface area contributed by atoms with Gasteiger partial charge >= 0.3 is 5.97 Å². The van der Waals surface area contributed by atoms with Gasteiger partial charge in [-0.2, -0.15) is 0 Å². The van der Waals surface area contributed by atoms with Crippen molar-refractivity contribution in [3.05, 3.63) is 37.5 Å². The minimum absolute atomic E-state index is 0.250. The largest absolute Gasteiger partial charge is 0.458 e. The molecule has 0 aliphatic heterocycles. The molecule has 0 aromatic rings. The third kappa shape index (κ3) is 4.84. The first kappa shape index (κ1) is 8.69. The fraction of sp³-hybridized carbons (Fsp3) is 0.125. The van der Waals surface area contributed by atoms with E-state index >= 15 is 0 Å². The van der Waals surface area contributed by atoms with Crippen molar-refractivity contribution in [3.8, 4) is 0 Å². The van der Waals surface area contributed by atoms with Crippen LogP contribution in [0.4, 0.5) is 0 Å². The van der Waals surface area contributed by atoms with Crippen LogP contribution in [0.2, 0.25) is 0 Å². The number of hydrogen-bond donors (Lipinski definition) is 0. The Morgan fingerprint density at radius 1 is 1.50 bits per heavy atom. The Hall–Kier alpha value is -1.31. The van der Waals surface area contributed by atoms with Crippen molar-refractivity contribution in [2.45, 2.75) is 0 Å². The lowest BCUT2D eigenvalue weighted by Gasteiger charge is -1.93. The standard InChI is InChI=1S/C8H10O2/c1-3-5-6-8(9)10-7-4-2/h3-6H,1-2,7H2. The van der Waals surface area contributed by atoms with Crippen molar-refractivity contribution >= 4 is 5.97 Å². The highest BCUT2D eigenvalue weighted by Gasteiger charge is 1.90. The summed E-state index contributed by atoms with van der Waals surface area (Å²) in [5.41, 5.74) is 0.